The van der Waals surface area contributed by atoms with Crippen LogP contribution >= 0.6 is 11.6 Å². The molecule has 3 heterocycles. The number of hydrogen-bond donors (Lipinski definition) is 0. The number of alkyl halides is 1. The Hall–Kier alpha value is -1.94. The Kier molecular flexibility index (Phi) is 2.94. The summed E-state index contributed by atoms with van der Waals surface area (Å²) < 4.78 is 2.00. The summed E-state index contributed by atoms with van der Waals surface area (Å²) >= 11 is 5.94. The molecule has 4 nitrogen and oxygen atoms in total. The summed E-state index contributed by atoms with van der Waals surface area (Å²) in [7, 11) is 0. The Morgan fingerprint density at radius 2 is 1.94 bits per heavy atom. The van der Waals surface area contributed by atoms with E-state index in [9.17, 15) is 0 Å². The van der Waals surface area contributed by atoms with Gasteiger partial charge in [-0.3, -0.25) is 4.98 Å². The maximum atomic E-state index is 5.94. The minimum absolute atomic E-state index is 0.364. The first-order valence-electron chi connectivity index (χ1n) is 5.64. The van der Waals surface area contributed by atoms with E-state index in [4.69, 9.17) is 11.6 Å². The highest BCUT2D eigenvalue weighted by atomic mass is 35.5. The Morgan fingerprint density at radius 3 is 2.72 bits per heavy atom. The molecule has 3 aromatic heterocycles. The van der Waals surface area contributed by atoms with Gasteiger partial charge in [0.15, 0.2) is 5.65 Å². The summed E-state index contributed by atoms with van der Waals surface area (Å²) in [4.78, 5) is 13.1. The average molecular weight is 259 g/mol. The fraction of sp³-hybridized carbons (Fsp3) is 0.154. The highest BCUT2D eigenvalue weighted by Gasteiger charge is 2.11. The van der Waals surface area contributed by atoms with E-state index < -0.39 is 0 Å². The second-order valence-corrected chi connectivity index (χ2v) is 4.18. The van der Waals surface area contributed by atoms with Gasteiger partial charge in [0, 0.05) is 12.4 Å². The van der Waals surface area contributed by atoms with E-state index in [1.54, 1.807) is 12.4 Å². The maximum absolute atomic E-state index is 5.94. The zero-order chi connectivity index (χ0) is 12.4. The molecule has 0 unspecified atom stereocenters. The van der Waals surface area contributed by atoms with E-state index in [0.29, 0.717) is 12.4 Å². The van der Waals surface area contributed by atoms with Crippen LogP contribution in [0.25, 0.3) is 11.2 Å². The van der Waals surface area contributed by atoms with E-state index in [0.717, 1.165) is 22.7 Å². The van der Waals surface area contributed by atoms with Crippen LogP contribution in [0.15, 0.2) is 42.7 Å². The molecule has 0 aliphatic heterocycles. The first kappa shape index (κ1) is 11.2. The molecule has 0 aromatic carbocycles. The zero-order valence-corrected chi connectivity index (χ0v) is 10.4. The average Bonchev–Trinajstić information content (AvgIpc) is 2.78. The second-order valence-electron chi connectivity index (χ2n) is 3.92. The first-order valence-corrected chi connectivity index (χ1v) is 6.18. The molecule has 5 heteroatoms. The van der Waals surface area contributed by atoms with Crippen molar-refractivity contribution >= 4 is 22.8 Å². The van der Waals surface area contributed by atoms with Crippen molar-refractivity contribution in [2.45, 2.75) is 12.4 Å². The van der Waals surface area contributed by atoms with E-state index in [1.807, 2.05) is 34.9 Å². The molecule has 0 N–H and O–H groups in total. The fourth-order valence-corrected chi connectivity index (χ4v) is 2.13. The van der Waals surface area contributed by atoms with Crippen molar-refractivity contribution in [3.63, 3.8) is 0 Å². The van der Waals surface area contributed by atoms with Crippen molar-refractivity contribution in [3.05, 3.63) is 54.2 Å². The van der Waals surface area contributed by atoms with E-state index in [2.05, 4.69) is 15.0 Å². The first-order chi connectivity index (χ1) is 8.88. The molecule has 0 spiro atoms. The van der Waals surface area contributed by atoms with Crippen LogP contribution in [0.1, 0.15) is 11.5 Å². The van der Waals surface area contributed by atoms with Crippen molar-refractivity contribution in [2.24, 2.45) is 0 Å². The molecule has 0 saturated heterocycles. The normalized spacial score (nSPS) is 10.9. The van der Waals surface area contributed by atoms with Gasteiger partial charge in [-0.05, 0) is 24.3 Å². The Bertz CT molecular complexity index is 663. The molecule has 0 bridgehead atoms. The molecule has 0 amide bonds. The number of pyridine rings is 2. The van der Waals surface area contributed by atoms with Crippen LogP contribution in [0.5, 0.6) is 0 Å². The third-order valence-corrected chi connectivity index (χ3v) is 2.99. The minimum atomic E-state index is 0.364. The SMILES string of the molecule is ClCc1nc2cccnc2n1Cc1ccccn1. The summed E-state index contributed by atoms with van der Waals surface area (Å²) in [5.74, 6) is 1.18. The number of halogens is 1. The zero-order valence-electron chi connectivity index (χ0n) is 9.62. The van der Waals surface area contributed by atoms with Gasteiger partial charge in [-0.25, -0.2) is 9.97 Å². The van der Waals surface area contributed by atoms with Gasteiger partial charge in [0.05, 0.1) is 18.1 Å². The Morgan fingerprint density at radius 1 is 1.06 bits per heavy atom. The standard InChI is InChI=1S/C13H11ClN4/c14-8-12-17-11-5-3-7-16-13(11)18(12)9-10-4-1-2-6-15-10/h1-7H,8-9H2. The van der Waals surface area contributed by atoms with E-state index >= 15 is 0 Å². The molecule has 90 valence electrons. The summed E-state index contributed by atoms with van der Waals surface area (Å²) in [6, 6.07) is 9.66. The van der Waals surface area contributed by atoms with Crippen molar-refractivity contribution in [2.75, 3.05) is 0 Å². The lowest BCUT2D eigenvalue weighted by Gasteiger charge is -2.05. The molecule has 0 atom stereocenters. The van der Waals surface area contributed by atoms with Crippen LogP contribution < -0.4 is 0 Å². The van der Waals surface area contributed by atoms with Crippen LogP contribution in [0, 0.1) is 0 Å². The van der Waals surface area contributed by atoms with Crippen molar-refractivity contribution in [1.29, 1.82) is 0 Å². The monoisotopic (exact) mass is 258 g/mol. The van der Waals surface area contributed by atoms with Crippen LogP contribution in [-0.2, 0) is 12.4 Å². The lowest BCUT2D eigenvalue weighted by atomic mass is 10.3. The van der Waals surface area contributed by atoms with Crippen molar-refractivity contribution < 1.29 is 0 Å². The van der Waals surface area contributed by atoms with Crippen molar-refractivity contribution in [3.8, 4) is 0 Å². The molecule has 0 aliphatic rings. The summed E-state index contributed by atoms with van der Waals surface area (Å²) in [6.07, 6.45) is 3.54. The summed E-state index contributed by atoms with van der Waals surface area (Å²) in [6.45, 7) is 0.635. The molecular formula is C13H11ClN4. The predicted molar refractivity (Wildman–Crippen MR) is 70.4 cm³/mol. The van der Waals surface area contributed by atoms with Crippen LogP contribution in [0.4, 0.5) is 0 Å². The molecular weight excluding hydrogens is 248 g/mol. The van der Waals surface area contributed by atoms with Gasteiger partial charge in [-0.1, -0.05) is 6.07 Å². The predicted octanol–water partition coefficient (Wildman–Crippen LogP) is 2.61. The number of fused-ring (bicyclic) bond motifs is 1. The molecule has 0 radical (unpaired) electrons. The van der Waals surface area contributed by atoms with Gasteiger partial charge in [0.2, 0.25) is 0 Å². The van der Waals surface area contributed by atoms with Gasteiger partial charge < -0.3 is 4.57 Å². The van der Waals surface area contributed by atoms with Crippen LogP contribution in [0.3, 0.4) is 0 Å². The Labute approximate surface area is 109 Å². The van der Waals surface area contributed by atoms with Crippen molar-refractivity contribution in [1.82, 2.24) is 19.5 Å². The lowest BCUT2D eigenvalue weighted by molar-refractivity contribution is 0.751. The second kappa shape index (κ2) is 4.74. The molecule has 0 fully saturated rings. The largest absolute Gasteiger partial charge is 0.306 e. The van der Waals surface area contributed by atoms with Gasteiger partial charge >= 0.3 is 0 Å². The van der Waals surface area contributed by atoms with E-state index in [-0.39, 0.29) is 0 Å². The topological polar surface area (TPSA) is 43.6 Å². The molecule has 0 saturated carbocycles. The maximum Gasteiger partial charge on any atom is 0.160 e. The van der Waals surface area contributed by atoms with Gasteiger partial charge in [-0.2, -0.15) is 0 Å². The minimum Gasteiger partial charge on any atom is -0.306 e. The molecule has 0 aliphatic carbocycles. The quantitative estimate of drug-likeness (QED) is 0.679. The fourth-order valence-electron chi connectivity index (χ4n) is 1.93. The number of rotatable bonds is 3. The third kappa shape index (κ3) is 1.95. The summed E-state index contributed by atoms with van der Waals surface area (Å²) in [5.41, 5.74) is 2.68. The highest BCUT2D eigenvalue weighted by Crippen LogP contribution is 2.16. The van der Waals surface area contributed by atoms with Crippen LogP contribution in [-0.4, -0.2) is 19.5 Å². The Balaban J connectivity index is 2.10. The number of nitrogens with zero attached hydrogens (tertiary/aromatic N) is 4. The molecule has 18 heavy (non-hydrogen) atoms. The summed E-state index contributed by atoms with van der Waals surface area (Å²) in [5, 5.41) is 0. The molecule has 3 rings (SSSR count). The third-order valence-electron chi connectivity index (χ3n) is 2.75. The number of hydrogen-bond acceptors (Lipinski definition) is 3. The van der Waals surface area contributed by atoms with Gasteiger partial charge in [-0.15, -0.1) is 11.6 Å². The van der Waals surface area contributed by atoms with Gasteiger partial charge in [0.1, 0.15) is 11.3 Å². The molecule has 3 aromatic rings. The highest BCUT2D eigenvalue weighted by molar-refractivity contribution is 6.16. The van der Waals surface area contributed by atoms with Gasteiger partial charge in [0.25, 0.3) is 0 Å². The number of imidazole rings is 1. The smallest absolute Gasteiger partial charge is 0.160 e. The van der Waals surface area contributed by atoms with E-state index in [1.165, 1.54) is 0 Å². The lowest BCUT2D eigenvalue weighted by Crippen LogP contribution is -2.05. The van der Waals surface area contributed by atoms with Crippen LogP contribution in [0.2, 0.25) is 0 Å². The number of aromatic nitrogens is 4.